The topological polar surface area (TPSA) is 44.5 Å². The molecule has 1 atom stereocenters. The molecule has 0 fully saturated rings. The summed E-state index contributed by atoms with van der Waals surface area (Å²) in [7, 11) is 0. The molecule has 3 nitrogen and oxygen atoms in total. The Hall–Kier alpha value is -0.930. The first kappa shape index (κ1) is 16.4. The van der Waals surface area contributed by atoms with Gasteiger partial charge in [0.1, 0.15) is 0 Å². The maximum atomic E-state index is 6.50. The molecule has 0 aliphatic heterocycles. The maximum absolute atomic E-state index is 6.50. The normalized spacial score (nSPS) is 20.6. The Balaban J connectivity index is 2.59. The first-order chi connectivity index (χ1) is 9.89. The molecular weight excluding hydrogens is 286 g/mol. The lowest BCUT2D eigenvalue weighted by Gasteiger charge is -2.26. The van der Waals surface area contributed by atoms with Gasteiger partial charge in [-0.25, -0.2) is 0 Å². The van der Waals surface area contributed by atoms with Crippen LogP contribution in [0.4, 0.5) is 0 Å². The fourth-order valence-electron chi connectivity index (χ4n) is 3.13. The van der Waals surface area contributed by atoms with E-state index in [2.05, 4.69) is 13.8 Å². The van der Waals surface area contributed by atoms with E-state index >= 15 is 0 Å². The SMILES string of the molecule is CCOc1cc(Cl)c2c(c1OCC)C(N)CC(C)(C)CC2. The standard InChI is InChI=1S/C17H26ClNO2/c1-5-20-14-9-12(18)11-7-8-17(3,4)10-13(19)15(11)16(14)21-6-2/h9,13H,5-8,10,19H2,1-4H3. The molecule has 0 heterocycles. The second-order valence-corrected chi connectivity index (χ2v) is 6.83. The highest BCUT2D eigenvalue weighted by atomic mass is 35.5. The number of benzene rings is 1. The van der Waals surface area contributed by atoms with Gasteiger partial charge in [-0.3, -0.25) is 0 Å². The van der Waals surface area contributed by atoms with Crippen molar-refractivity contribution in [2.24, 2.45) is 11.1 Å². The molecule has 0 bridgehead atoms. The van der Waals surface area contributed by atoms with Gasteiger partial charge in [0.15, 0.2) is 11.5 Å². The van der Waals surface area contributed by atoms with Crippen molar-refractivity contribution >= 4 is 11.6 Å². The molecule has 21 heavy (non-hydrogen) atoms. The number of ether oxygens (including phenoxy) is 2. The van der Waals surface area contributed by atoms with Crippen LogP contribution in [-0.4, -0.2) is 13.2 Å². The van der Waals surface area contributed by atoms with Crippen molar-refractivity contribution in [3.63, 3.8) is 0 Å². The number of fused-ring (bicyclic) bond motifs is 1. The molecule has 1 aliphatic rings. The molecule has 1 aromatic rings. The quantitative estimate of drug-likeness (QED) is 0.833. The molecule has 118 valence electrons. The van der Waals surface area contributed by atoms with E-state index in [1.54, 1.807) is 0 Å². The zero-order valence-corrected chi connectivity index (χ0v) is 14.2. The van der Waals surface area contributed by atoms with E-state index in [0.717, 1.165) is 41.2 Å². The zero-order valence-electron chi connectivity index (χ0n) is 13.5. The minimum absolute atomic E-state index is 0.0723. The molecule has 0 spiro atoms. The molecule has 0 saturated carbocycles. The predicted octanol–water partition coefficient (Wildman–Crippen LogP) is 4.50. The van der Waals surface area contributed by atoms with E-state index < -0.39 is 0 Å². The summed E-state index contributed by atoms with van der Waals surface area (Å²) < 4.78 is 11.6. The summed E-state index contributed by atoms with van der Waals surface area (Å²) in [5, 5.41) is 0.741. The van der Waals surface area contributed by atoms with E-state index in [4.69, 9.17) is 26.8 Å². The predicted molar refractivity (Wildman–Crippen MR) is 87.4 cm³/mol. The van der Waals surface area contributed by atoms with Crippen LogP contribution in [0, 0.1) is 5.41 Å². The van der Waals surface area contributed by atoms with Gasteiger partial charge in [-0.2, -0.15) is 0 Å². The molecule has 0 radical (unpaired) electrons. The van der Waals surface area contributed by atoms with Gasteiger partial charge in [0.05, 0.1) is 13.2 Å². The molecule has 4 heteroatoms. The number of rotatable bonds is 4. The summed E-state index contributed by atoms with van der Waals surface area (Å²) in [5.41, 5.74) is 8.86. The second kappa shape index (κ2) is 6.45. The van der Waals surface area contributed by atoms with Gasteiger partial charge >= 0.3 is 0 Å². The van der Waals surface area contributed by atoms with Gasteiger partial charge < -0.3 is 15.2 Å². The zero-order chi connectivity index (χ0) is 15.6. The highest BCUT2D eigenvalue weighted by Crippen LogP contribution is 2.47. The molecule has 2 N–H and O–H groups in total. The Bertz CT molecular complexity index is 514. The van der Waals surface area contributed by atoms with Crippen molar-refractivity contribution in [1.82, 2.24) is 0 Å². The molecule has 1 aliphatic carbocycles. The molecule has 0 saturated heterocycles. The largest absolute Gasteiger partial charge is 0.490 e. The third kappa shape index (κ3) is 3.46. The van der Waals surface area contributed by atoms with Crippen LogP contribution in [0.1, 0.15) is 57.7 Å². The van der Waals surface area contributed by atoms with E-state index in [9.17, 15) is 0 Å². The van der Waals surface area contributed by atoms with Gasteiger partial charge in [0.25, 0.3) is 0 Å². The van der Waals surface area contributed by atoms with Crippen LogP contribution in [0.15, 0.2) is 6.07 Å². The van der Waals surface area contributed by atoms with Gasteiger partial charge in [-0.15, -0.1) is 0 Å². The minimum atomic E-state index is -0.0723. The molecule has 0 amide bonds. The van der Waals surface area contributed by atoms with Gasteiger partial charge in [0.2, 0.25) is 0 Å². The monoisotopic (exact) mass is 311 g/mol. The Morgan fingerprint density at radius 1 is 1.29 bits per heavy atom. The summed E-state index contributed by atoms with van der Waals surface area (Å²) in [6, 6.07) is 1.80. The summed E-state index contributed by atoms with van der Waals surface area (Å²) in [6.45, 7) is 9.62. The average Bonchev–Trinajstić information content (AvgIpc) is 2.51. The molecule has 1 unspecified atom stereocenters. The molecule has 2 rings (SSSR count). The molecule has 1 aromatic carbocycles. The number of halogens is 1. The van der Waals surface area contributed by atoms with Crippen LogP contribution in [0.3, 0.4) is 0 Å². The van der Waals surface area contributed by atoms with Gasteiger partial charge in [-0.1, -0.05) is 25.4 Å². The van der Waals surface area contributed by atoms with Crippen LogP contribution in [0.5, 0.6) is 11.5 Å². The molecular formula is C17H26ClNO2. The van der Waals surface area contributed by atoms with Gasteiger partial charge in [-0.05, 0) is 44.1 Å². The van der Waals surface area contributed by atoms with Crippen molar-refractivity contribution in [3.8, 4) is 11.5 Å². The van der Waals surface area contributed by atoms with E-state index in [0.29, 0.717) is 19.0 Å². The average molecular weight is 312 g/mol. The lowest BCUT2D eigenvalue weighted by atomic mass is 9.83. The van der Waals surface area contributed by atoms with Crippen molar-refractivity contribution in [2.75, 3.05) is 13.2 Å². The summed E-state index contributed by atoms with van der Waals surface area (Å²) >= 11 is 6.50. The van der Waals surface area contributed by atoms with E-state index in [1.165, 1.54) is 0 Å². The van der Waals surface area contributed by atoms with Crippen LogP contribution < -0.4 is 15.2 Å². The maximum Gasteiger partial charge on any atom is 0.166 e. The van der Waals surface area contributed by atoms with Crippen molar-refractivity contribution in [1.29, 1.82) is 0 Å². The lowest BCUT2D eigenvalue weighted by molar-refractivity contribution is 0.275. The third-order valence-corrected chi connectivity index (χ3v) is 4.46. The summed E-state index contributed by atoms with van der Waals surface area (Å²) in [5.74, 6) is 1.49. The fraction of sp³-hybridized carbons (Fsp3) is 0.647. The summed E-state index contributed by atoms with van der Waals surface area (Å²) in [6.07, 6.45) is 2.93. The number of nitrogens with two attached hydrogens (primary N) is 1. The smallest absolute Gasteiger partial charge is 0.166 e. The Labute approximate surface area is 132 Å². The lowest BCUT2D eigenvalue weighted by Crippen LogP contribution is -2.20. The Morgan fingerprint density at radius 2 is 1.95 bits per heavy atom. The van der Waals surface area contributed by atoms with Crippen molar-refractivity contribution in [2.45, 2.75) is 53.0 Å². The Kier molecular flexibility index (Phi) is 5.05. The van der Waals surface area contributed by atoms with E-state index in [1.807, 2.05) is 19.9 Å². The molecule has 0 aromatic heterocycles. The highest BCUT2D eigenvalue weighted by Gasteiger charge is 2.32. The fourth-order valence-corrected chi connectivity index (χ4v) is 3.43. The minimum Gasteiger partial charge on any atom is -0.490 e. The third-order valence-electron chi connectivity index (χ3n) is 4.12. The summed E-state index contributed by atoms with van der Waals surface area (Å²) in [4.78, 5) is 0. The van der Waals surface area contributed by atoms with Crippen LogP contribution in [0.25, 0.3) is 0 Å². The first-order valence-corrected chi connectivity index (χ1v) is 8.14. The van der Waals surface area contributed by atoms with Crippen LogP contribution in [0.2, 0.25) is 5.02 Å². The Morgan fingerprint density at radius 3 is 2.57 bits per heavy atom. The van der Waals surface area contributed by atoms with Gasteiger partial charge in [0, 0.05) is 22.7 Å². The first-order valence-electron chi connectivity index (χ1n) is 7.76. The van der Waals surface area contributed by atoms with E-state index in [-0.39, 0.29) is 11.5 Å². The van der Waals surface area contributed by atoms with Crippen molar-refractivity contribution in [3.05, 3.63) is 22.2 Å². The van der Waals surface area contributed by atoms with Crippen molar-refractivity contribution < 1.29 is 9.47 Å². The number of hydrogen-bond acceptors (Lipinski definition) is 3. The van der Waals surface area contributed by atoms with Crippen LogP contribution in [-0.2, 0) is 6.42 Å². The highest BCUT2D eigenvalue weighted by molar-refractivity contribution is 6.31. The second-order valence-electron chi connectivity index (χ2n) is 6.42. The number of hydrogen-bond donors (Lipinski definition) is 1. The van der Waals surface area contributed by atoms with Crippen LogP contribution >= 0.6 is 11.6 Å².